The monoisotopic (exact) mass is 528 g/mol. The Bertz CT molecular complexity index is 428. The zero-order valence-corrected chi connectivity index (χ0v) is 18.0. The summed E-state index contributed by atoms with van der Waals surface area (Å²) < 4.78 is 0. The van der Waals surface area contributed by atoms with E-state index in [2.05, 4.69) is 24.1 Å². The molecule has 2 heterocycles. The molecule has 4 atom stereocenters. The van der Waals surface area contributed by atoms with Gasteiger partial charge < -0.3 is 10.0 Å². The van der Waals surface area contributed by atoms with Gasteiger partial charge in [0.1, 0.15) is 0 Å². The molecule has 1 aromatic carbocycles. The first-order valence-electron chi connectivity index (χ1n) is 6.79. The molecule has 2 unspecified atom stereocenters. The van der Waals surface area contributed by atoms with Crippen molar-refractivity contribution in [1.29, 1.82) is 0 Å². The second-order valence-corrected chi connectivity index (χ2v) is 6.14. The van der Waals surface area contributed by atoms with Crippen LogP contribution in [-0.4, -0.2) is 35.7 Å². The maximum absolute atomic E-state index is 9.76. The molecule has 2 bridgehead atoms. The van der Waals surface area contributed by atoms with Crippen LogP contribution in [0.5, 0.6) is 0 Å². The number of nitrogens with zero attached hydrogens (tertiary/aromatic N) is 1. The molecule has 0 spiro atoms. The van der Waals surface area contributed by atoms with E-state index in [1.165, 1.54) is 24.8 Å². The molecule has 0 aliphatic carbocycles. The molecule has 2 aliphatic heterocycles. The van der Waals surface area contributed by atoms with E-state index in [0.29, 0.717) is 23.9 Å². The molecule has 5 heteroatoms. The van der Waals surface area contributed by atoms with Crippen molar-refractivity contribution in [2.24, 2.45) is 5.92 Å². The van der Waals surface area contributed by atoms with Crippen molar-refractivity contribution in [2.45, 2.75) is 37.3 Å². The number of hydrogen-bond donors (Lipinski definition) is 1. The second kappa shape index (κ2) is 8.14. The third kappa shape index (κ3) is 3.56. The molecular weight excluding hydrogens is 508 g/mol. The Morgan fingerprint density at radius 3 is 2.50 bits per heavy atom. The van der Waals surface area contributed by atoms with Crippen LogP contribution in [0.15, 0.2) is 24.3 Å². The molecule has 1 N–H and O–H groups in total. The number of benzene rings is 1. The van der Waals surface area contributed by atoms with E-state index >= 15 is 0 Å². The SMILES string of the molecule is CN1C2CCC1[C@@H](CO)[C@@H](c1ccc(Cl)cc1)C2.Cl.[Ac]. The Kier molecular flexibility index (Phi) is 7.82. The maximum Gasteiger partial charge on any atom is 0.0480 e. The van der Waals surface area contributed by atoms with Crippen molar-refractivity contribution in [3.8, 4) is 0 Å². The van der Waals surface area contributed by atoms with Gasteiger partial charge in [-0.25, -0.2) is 0 Å². The maximum atomic E-state index is 9.76. The first-order valence-corrected chi connectivity index (χ1v) is 7.16. The number of halogens is 2. The number of fused-ring (bicyclic) bond motifs is 2. The van der Waals surface area contributed by atoms with Gasteiger partial charge in [-0.05, 0) is 49.9 Å². The second-order valence-electron chi connectivity index (χ2n) is 5.70. The van der Waals surface area contributed by atoms with Crippen LogP contribution in [0, 0.1) is 50.0 Å². The standard InChI is InChI=1S/C15H20ClNO.Ac.ClH/c1-17-12-6-7-15(17)14(9-18)13(8-12)10-2-4-11(16)5-3-10;;/h2-5,12-15,18H,6-9H2,1H3;;1H/t12?,13-,14+,15?;;/m1../s1. The van der Waals surface area contributed by atoms with Gasteiger partial charge >= 0.3 is 0 Å². The molecule has 20 heavy (non-hydrogen) atoms. The zero-order valence-electron chi connectivity index (χ0n) is 11.7. The first kappa shape index (κ1) is 19.2. The summed E-state index contributed by atoms with van der Waals surface area (Å²) in [6, 6.07) is 9.42. The minimum Gasteiger partial charge on any atom is -0.396 e. The minimum absolute atomic E-state index is 0. The molecular formula is C15H21AcCl2NO. The zero-order chi connectivity index (χ0) is 12.7. The van der Waals surface area contributed by atoms with Crippen LogP contribution >= 0.6 is 24.0 Å². The largest absolute Gasteiger partial charge is 0.396 e. The summed E-state index contributed by atoms with van der Waals surface area (Å²) in [5, 5.41) is 10.5. The van der Waals surface area contributed by atoms with E-state index in [1.807, 2.05) is 12.1 Å². The fourth-order valence-corrected chi connectivity index (χ4v) is 4.05. The van der Waals surface area contributed by atoms with Crippen molar-refractivity contribution < 1.29 is 49.2 Å². The van der Waals surface area contributed by atoms with Crippen LogP contribution in [0.25, 0.3) is 0 Å². The average molecular weight is 529 g/mol. The Hall–Kier alpha value is 1.16. The number of aliphatic hydroxyl groups is 1. The number of rotatable bonds is 2. The van der Waals surface area contributed by atoms with Crippen molar-refractivity contribution in [1.82, 2.24) is 4.90 Å². The van der Waals surface area contributed by atoms with Crippen LogP contribution in [0.4, 0.5) is 0 Å². The van der Waals surface area contributed by atoms with Crippen LogP contribution < -0.4 is 0 Å². The van der Waals surface area contributed by atoms with Crippen molar-refractivity contribution in [3.63, 3.8) is 0 Å². The van der Waals surface area contributed by atoms with Crippen molar-refractivity contribution >= 4 is 24.0 Å². The summed E-state index contributed by atoms with van der Waals surface area (Å²) in [5.74, 6) is 0.857. The normalized spacial score (nSPS) is 32.4. The molecule has 2 aliphatic rings. The summed E-state index contributed by atoms with van der Waals surface area (Å²) in [4.78, 5) is 2.48. The van der Waals surface area contributed by atoms with Gasteiger partial charge in [0.2, 0.25) is 0 Å². The third-order valence-corrected chi connectivity index (χ3v) is 5.19. The van der Waals surface area contributed by atoms with Gasteiger partial charge in [0.15, 0.2) is 0 Å². The van der Waals surface area contributed by atoms with Crippen LogP contribution in [0.1, 0.15) is 30.7 Å². The topological polar surface area (TPSA) is 23.5 Å². The Balaban J connectivity index is 0.000001000. The molecule has 109 valence electrons. The van der Waals surface area contributed by atoms with Gasteiger partial charge in [-0.1, -0.05) is 23.7 Å². The molecule has 0 aromatic heterocycles. The summed E-state index contributed by atoms with van der Waals surface area (Å²) in [5.41, 5.74) is 1.34. The molecule has 2 saturated heterocycles. The number of piperidine rings is 1. The van der Waals surface area contributed by atoms with Gasteiger partial charge in [0.05, 0.1) is 0 Å². The number of hydrogen-bond acceptors (Lipinski definition) is 2. The Morgan fingerprint density at radius 2 is 1.90 bits per heavy atom. The van der Waals surface area contributed by atoms with Gasteiger partial charge in [-0.3, -0.25) is 0 Å². The van der Waals surface area contributed by atoms with Gasteiger partial charge in [-0.15, -0.1) is 12.4 Å². The van der Waals surface area contributed by atoms with E-state index in [1.54, 1.807) is 0 Å². The van der Waals surface area contributed by atoms with Crippen molar-refractivity contribution in [3.05, 3.63) is 34.9 Å². The average Bonchev–Trinajstić information content (AvgIpc) is 2.63. The fourth-order valence-electron chi connectivity index (χ4n) is 3.92. The van der Waals surface area contributed by atoms with Crippen LogP contribution in [0.2, 0.25) is 5.02 Å². The van der Waals surface area contributed by atoms with E-state index in [-0.39, 0.29) is 63.1 Å². The predicted octanol–water partition coefficient (Wildman–Crippen LogP) is 3.32. The van der Waals surface area contributed by atoms with E-state index in [9.17, 15) is 5.11 Å². The van der Waals surface area contributed by atoms with E-state index < -0.39 is 0 Å². The Morgan fingerprint density at radius 1 is 1.25 bits per heavy atom. The number of aliphatic hydroxyl groups excluding tert-OH is 1. The molecule has 0 amide bonds. The van der Waals surface area contributed by atoms with Crippen LogP contribution in [-0.2, 0) is 0 Å². The summed E-state index contributed by atoms with van der Waals surface area (Å²) in [6.07, 6.45) is 3.68. The van der Waals surface area contributed by atoms with Crippen LogP contribution in [0.3, 0.4) is 0 Å². The van der Waals surface area contributed by atoms with Gasteiger partial charge in [0, 0.05) is 73.7 Å². The molecule has 2 nitrogen and oxygen atoms in total. The van der Waals surface area contributed by atoms with Crippen molar-refractivity contribution in [2.75, 3.05) is 13.7 Å². The van der Waals surface area contributed by atoms with Gasteiger partial charge in [-0.2, -0.15) is 0 Å². The molecule has 1 aromatic rings. The summed E-state index contributed by atoms with van der Waals surface area (Å²) in [6.45, 7) is 0.287. The predicted molar refractivity (Wildman–Crippen MR) is 81.2 cm³/mol. The van der Waals surface area contributed by atoms with E-state index in [0.717, 1.165) is 5.02 Å². The smallest absolute Gasteiger partial charge is 0.0480 e. The summed E-state index contributed by atoms with van der Waals surface area (Å²) >= 11 is 5.96. The molecule has 1 radical (unpaired) electrons. The minimum atomic E-state index is 0. The molecule has 3 rings (SSSR count). The van der Waals surface area contributed by atoms with Gasteiger partial charge in [0.25, 0.3) is 0 Å². The molecule has 0 saturated carbocycles. The first-order chi connectivity index (χ1) is 8.70. The Labute approximate surface area is 168 Å². The third-order valence-electron chi connectivity index (χ3n) is 4.94. The summed E-state index contributed by atoms with van der Waals surface area (Å²) in [7, 11) is 2.21. The van der Waals surface area contributed by atoms with E-state index in [4.69, 9.17) is 11.6 Å². The molecule has 2 fully saturated rings. The quantitative estimate of drug-likeness (QED) is 0.636. The fraction of sp³-hybridized carbons (Fsp3) is 0.600.